The van der Waals surface area contributed by atoms with Gasteiger partial charge in [0.2, 0.25) is 0 Å². The van der Waals surface area contributed by atoms with Crippen LogP contribution in [0.5, 0.6) is 11.5 Å². The number of fused-ring (bicyclic) bond motifs is 1. The van der Waals surface area contributed by atoms with E-state index in [0.717, 1.165) is 33.8 Å². The van der Waals surface area contributed by atoms with Gasteiger partial charge in [0.05, 0.1) is 30.4 Å². The normalized spacial score (nSPS) is 11.7. The van der Waals surface area contributed by atoms with Gasteiger partial charge in [-0.3, -0.25) is 4.79 Å². The van der Waals surface area contributed by atoms with Gasteiger partial charge in [-0.1, -0.05) is 23.5 Å². The van der Waals surface area contributed by atoms with Crippen molar-refractivity contribution >= 4 is 27.5 Å². The number of hydrogen-bond acceptors (Lipinski definition) is 4. The lowest BCUT2D eigenvalue weighted by Crippen LogP contribution is -2.16. The second-order valence-electron chi connectivity index (χ2n) is 5.73. The largest absolute Gasteiger partial charge is 0.497 e. The van der Waals surface area contributed by atoms with E-state index in [1.165, 1.54) is 11.3 Å². The number of thiazole rings is 1. The summed E-state index contributed by atoms with van der Waals surface area (Å²) in [5, 5.41) is 0. The highest BCUT2D eigenvalue weighted by atomic mass is 32.1. The van der Waals surface area contributed by atoms with Gasteiger partial charge in [0.25, 0.3) is 5.91 Å². The van der Waals surface area contributed by atoms with E-state index in [4.69, 9.17) is 9.47 Å². The van der Waals surface area contributed by atoms with Crippen molar-refractivity contribution in [3.8, 4) is 11.5 Å². The van der Waals surface area contributed by atoms with Gasteiger partial charge in [-0.05, 0) is 49.7 Å². The predicted molar refractivity (Wildman–Crippen MR) is 104 cm³/mol. The summed E-state index contributed by atoms with van der Waals surface area (Å²) in [7, 11) is 1.61. The zero-order chi connectivity index (χ0) is 18.5. The molecule has 6 heteroatoms. The van der Waals surface area contributed by atoms with Crippen LogP contribution in [0, 0.1) is 0 Å². The van der Waals surface area contributed by atoms with Crippen molar-refractivity contribution in [3.63, 3.8) is 0 Å². The van der Waals surface area contributed by atoms with Gasteiger partial charge in [0, 0.05) is 6.54 Å². The lowest BCUT2D eigenvalue weighted by Gasteiger charge is -2.04. The summed E-state index contributed by atoms with van der Waals surface area (Å²) in [6, 6.07) is 13.5. The molecule has 0 saturated carbocycles. The molecule has 3 rings (SSSR count). The van der Waals surface area contributed by atoms with Gasteiger partial charge in [-0.25, -0.2) is 0 Å². The van der Waals surface area contributed by atoms with E-state index in [9.17, 15) is 4.79 Å². The van der Waals surface area contributed by atoms with Gasteiger partial charge < -0.3 is 14.0 Å². The average molecular weight is 370 g/mol. The van der Waals surface area contributed by atoms with Gasteiger partial charge in [0.15, 0.2) is 4.80 Å². The van der Waals surface area contributed by atoms with Gasteiger partial charge in [0.1, 0.15) is 11.5 Å². The summed E-state index contributed by atoms with van der Waals surface area (Å²) in [5.74, 6) is 1.40. The number of ether oxygens (including phenoxy) is 2. The average Bonchev–Trinajstić information content (AvgIpc) is 2.98. The Morgan fingerprint density at radius 1 is 1.15 bits per heavy atom. The lowest BCUT2D eigenvalue weighted by atomic mass is 10.1. The van der Waals surface area contributed by atoms with E-state index in [-0.39, 0.29) is 12.3 Å². The third kappa shape index (κ3) is 3.96. The number of carbonyl (C=O) groups is 1. The third-order valence-electron chi connectivity index (χ3n) is 3.99. The number of methoxy groups -OCH3 is 1. The molecule has 0 aliphatic rings. The molecule has 0 bridgehead atoms. The van der Waals surface area contributed by atoms with Crippen LogP contribution in [0.25, 0.3) is 10.2 Å². The SMILES string of the molecule is CCOc1ccc2c(c1)sc(=NC(=O)Cc1cccc(OC)c1)n2CC. The molecule has 0 radical (unpaired) electrons. The Bertz CT molecular complexity index is 988. The number of benzene rings is 2. The fourth-order valence-electron chi connectivity index (χ4n) is 2.80. The van der Waals surface area contributed by atoms with E-state index in [2.05, 4.69) is 9.56 Å². The molecule has 3 aromatic rings. The first-order chi connectivity index (χ1) is 12.6. The highest BCUT2D eigenvalue weighted by molar-refractivity contribution is 7.16. The monoisotopic (exact) mass is 370 g/mol. The molecule has 5 nitrogen and oxygen atoms in total. The maximum absolute atomic E-state index is 12.5. The van der Waals surface area contributed by atoms with Crippen LogP contribution in [0.1, 0.15) is 19.4 Å². The van der Waals surface area contributed by atoms with Crippen LogP contribution in [0.3, 0.4) is 0 Å². The maximum atomic E-state index is 12.5. The second kappa shape index (κ2) is 8.19. The summed E-state index contributed by atoms with van der Waals surface area (Å²) in [6.07, 6.45) is 0.249. The van der Waals surface area contributed by atoms with Crippen LogP contribution >= 0.6 is 11.3 Å². The van der Waals surface area contributed by atoms with Crippen molar-refractivity contribution < 1.29 is 14.3 Å². The van der Waals surface area contributed by atoms with Crippen molar-refractivity contribution in [3.05, 3.63) is 52.8 Å². The number of aromatic nitrogens is 1. The second-order valence-corrected chi connectivity index (χ2v) is 6.73. The van der Waals surface area contributed by atoms with Crippen molar-refractivity contribution in [2.24, 2.45) is 4.99 Å². The molecule has 0 spiro atoms. The van der Waals surface area contributed by atoms with Crippen LogP contribution < -0.4 is 14.3 Å². The molecule has 0 aliphatic heterocycles. The van der Waals surface area contributed by atoms with Crippen LogP contribution in [0.4, 0.5) is 0 Å². The molecule has 1 aromatic heterocycles. The topological polar surface area (TPSA) is 52.8 Å². The van der Waals surface area contributed by atoms with Crippen LogP contribution in [-0.4, -0.2) is 24.2 Å². The Labute approximate surface area is 156 Å². The molecule has 0 aliphatic carbocycles. The molecular weight excluding hydrogens is 348 g/mol. The molecule has 0 unspecified atom stereocenters. The zero-order valence-corrected chi connectivity index (χ0v) is 16.0. The fraction of sp³-hybridized carbons (Fsp3) is 0.300. The molecular formula is C20H22N2O3S. The predicted octanol–water partition coefficient (Wildman–Crippen LogP) is 3.80. The minimum atomic E-state index is -0.169. The van der Waals surface area contributed by atoms with E-state index in [1.54, 1.807) is 7.11 Å². The molecule has 1 amide bonds. The standard InChI is InChI=1S/C20H22N2O3S/c1-4-22-17-10-9-16(25-5-2)13-18(17)26-20(22)21-19(23)12-14-7-6-8-15(11-14)24-3/h6-11,13H,4-5,12H2,1-3H3. The first kappa shape index (κ1) is 18.2. The van der Waals surface area contributed by atoms with Crippen molar-refractivity contribution in [1.29, 1.82) is 0 Å². The van der Waals surface area contributed by atoms with Gasteiger partial charge >= 0.3 is 0 Å². The Morgan fingerprint density at radius 2 is 2.00 bits per heavy atom. The highest BCUT2D eigenvalue weighted by Crippen LogP contribution is 2.23. The van der Waals surface area contributed by atoms with Gasteiger partial charge in [-0.2, -0.15) is 4.99 Å². The van der Waals surface area contributed by atoms with Crippen LogP contribution in [0.15, 0.2) is 47.5 Å². The summed E-state index contributed by atoms with van der Waals surface area (Å²) < 4.78 is 13.9. The number of nitrogens with zero attached hydrogens (tertiary/aromatic N) is 2. The van der Waals surface area contributed by atoms with Crippen molar-refractivity contribution in [2.45, 2.75) is 26.8 Å². The lowest BCUT2D eigenvalue weighted by molar-refractivity contribution is -0.117. The third-order valence-corrected chi connectivity index (χ3v) is 5.03. The summed E-state index contributed by atoms with van der Waals surface area (Å²) in [5.41, 5.74) is 1.95. The molecule has 26 heavy (non-hydrogen) atoms. The number of amides is 1. The highest BCUT2D eigenvalue weighted by Gasteiger charge is 2.09. The van der Waals surface area contributed by atoms with E-state index >= 15 is 0 Å². The minimum Gasteiger partial charge on any atom is -0.497 e. The van der Waals surface area contributed by atoms with E-state index in [0.29, 0.717) is 11.4 Å². The maximum Gasteiger partial charge on any atom is 0.252 e. The number of aryl methyl sites for hydroxylation is 1. The number of hydrogen-bond donors (Lipinski definition) is 0. The fourth-order valence-corrected chi connectivity index (χ4v) is 3.94. The quantitative estimate of drug-likeness (QED) is 0.663. The molecule has 0 fully saturated rings. The summed E-state index contributed by atoms with van der Waals surface area (Å²) >= 11 is 1.51. The van der Waals surface area contributed by atoms with E-state index in [1.807, 2.05) is 56.3 Å². The molecule has 0 atom stereocenters. The van der Waals surface area contributed by atoms with Crippen molar-refractivity contribution in [1.82, 2.24) is 4.57 Å². The first-order valence-electron chi connectivity index (χ1n) is 8.61. The Balaban J connectivity index is 1.93. The Hall–Kier alpha value is -2.60. The minimum absolute atomic E-state index is 0.169. The van der Waals surface area contributed by atoms with Crippen LogP contribution in [-0.2, 0) is 17.8 Å². The zero-order valence-electron chi connectivity index (χ0n) is 15.2. The van der Waals surface area contributed by atoms with Gasteiger partial charge in [-0.15, -0.1) is 0 Å². The Kier molecular flexibility index (Phi) is 5.73. The molecule has 2 aromatic carbocycles. The number of carbonyl (C=O) groups excluding carboxylic acids is 1. The molecule has 1 heterocycles. The first-order valence-corrected chi connectivity index (χ1v) is 9.43. The smallest absolute Gasteiger partial charge is 0.252 e. The summed E-state index contributed by atoms with van der Waals surface area (Å²) in [4.78, 5) is 17.5. The van der Waals surface area contributed by atoms with Crippen molar-refractivity contribution in [2.75, 3.05) is 13.7 Å². The molecule has 136 valence electrons. The van der Waals surface area contributed by atoms with Crippen LogP contribution in [0.2, 0.25) is 0 Å². The Morgan fingerprint density at radius 3 is 2.73 bits per heavy atom. The molecule has 0 saturated heterocycles. The van der Waals surface area contributed by atoms with E-state index < -0.39 is 0 Å². The number of rotatable bonds is 6. The molecule has 0 N–H and O–H groups in total. The summed E-state index contributed by atoms with van der Waals surface area (Å²) in [6.45, 7) is 5.39.